The lowest BCUT2D eigenvalue weighted by atomic mass is 9.97. The molecule has 164 valence electrons. The highest BCUT2D eigenvalue weighted by Crippen LogP contribution is 2.36. The Bertz CT molecular complexity index is 1100. The SMILES string of the molecule is Cc1c([C@@H](C)Nc2nnc(C)c3cnc(N4CCOCC4)cc23)cccc1C(F)(F)F. The zero-order valence-electron chi connectivity index (χ0n) is 17.6. The van der Waals surface area contributed by atoms with Crippen LogP contribution in [-0.4, -0.2) is 41.5 Å². The van der Waals surface area contributed by atoms with Crippen LogP contribution in [0.15, 0.2) is 30.5 Å². The first kappa shape index (κ1) is 21.3. The summed E-state index contributed by atoms with van der Waals surface area (Å²) in [5.41, 5.74) is 0.879. The van der Waals surface area contributed by atoms with Crippen LogP contribution >= 0.6 is 0 Å². The maximum Gasteiger partial charge on any atom is 0.416 e. The van der Waals surface area contributed by atoms with E-state index in [1.807, 2.05) is 19.9 Å². The average Bonchev–Trinajstić information content (AvgIpc) is 2.75. The summed E-state index contributed by atoms with van der Waals surface area (Å²) in [6.45, 7) is 7.96. The van der Waals surface area contributed by atoms with E-state index in [0.29, 0.717) is 24.6 Å². The Morgan fingerprint density at radius 2 is 1.84 bits per heavy atom. The molecule has 0 bridgehead atoms. The highest BCUT2D eigenvalue weighted by atomic mass is 19.4. The second-order valence-electron chi connectivity index (χ2n) is 7.71. The minimum absolute atomic E-state index is 0.204. The molecule has 3 aromatic rings. The minimum atomic E-state index is -4.39. The molecule has 0 amide bonds. The summed E-state index contributed by atoms with van der Waals surface area (Å²) in [5, 5.41) is 13.5. The molecule has 3 heterocycles. The van der Waals surface area contributed by atoms with E-state index in [0.717, 1.165) is 41.4 Å². The predicted molar refractivity (Wildman–Crippen MR) is 113 cm³/mol. The summed E-state index contributed by atoms with van der Waals surface area (Å²) < 4.78 is 45.4. The van der Waals surface area contributed by atoms with Gasteiger partial charge in [-0.1, -0.05) is 12.1 Å². The third-order valence-electron chi connectivity index (χ3n) is 5.67. The summed E-state index contributed by atoms with van der Waals surface area (Å²) in [6.07, 6.45) is -2.62. The quantitative estimate of drug-likeness (QED) is 0.648. The molecule has 0 unspecified atom stereocenters. The van der Waals surface area contributed by atoms with Gasteiger partial charge in [-0.2, -0.15) is 18.3 Å². The van der Waals surface area contributed by atoms with E-state index in [2.05, 4.69) is 25.4 Å². The van der Waals surface area contributed by atoms with Crippen LogP contribution in [0, 0.1) is 13.8 Å². The first-order chi connectivity index (χ1) is 14.8. The van der Waals surface area contributed by atoms with Gasteiger partial charge < -0.3 is 15.0 Å². The first-order valence-electron chi connectivity index (χ1n) is 10.1. The van der Waals surface area contributed by atoms with E-state index < -0.39 is 17.8 Å². The largest absolute Gasteiger partial charge is 0.416 e. The Kier molecular flexibility index (Phi) is 5.70. The van der Waals surface area contributed by atoms with Gasteiger partial charge in [0.25, 0.3) is 0 Å². The lowest BCUT2D eigenvalue weighted by Gasteiger charge is -2.28. The normalized spacial score (nSPS) is 15.9. The van der Waals surface area contributed by atoms with Crippen LogP contribution in [0.25, 0.3) is 10.8 Å². The summed E-state index contributed by atoms with van der Waals surface area (Å²) >= 11 is 0. The first-order valence-corrected chi connectivity index (χ1v) is 10.1. The number of rotatable bonds is 4. The summed E-state index contributed by atoms with van der Waals surface area (Å²) in [5.74, 6) is 1.33. The summed E-state index contributed by atoms with van der Waals surface area (Å²) in [4.78, 5) is 6.71. The van der Waals surface area contributed by atoms with Crippen LogP contribution in [0.5, 0.6) is 0 Å². The van der Waals surface area contributed by atoms with Gasteiger partial charge in [0.15, 0.2) is 5.82 Å². The molecule has 0 aliphatic carbocycles. The number of fused-ring (bicyclic) bond motifs is 1. The van der Waals surface area contributed by atoms with Crippen molar-refractivity contribution in [2.24, 2.45) is 0 Å². The molecule has 2 aromatic heterocycles. The fraction of sp³-hybridized carbons (Fsp3) is 0.409. The van der Waals surface area contributed by atoms with E-state index in [4.69, 9.17) is 4.74 Å². The van der Waals surface area contributed by atoms with Gasteiger partial charge >= 0.3 is 6.18 Å². The van der Waals surface area contributed by atoms with Crippen molar-refractivity contribution in [1.29, 1.82) is 0 Å². The monoisotopic (exact) mass is 431 g/mol. The predicted octanol–water partition coefficient (Wildman–Crippen LogP) is 4.67. The number of halogens is 3. The number of hydrogen-bond donors (Lipinski definition) is 1. The third-order valence-corrected chi connectivity index (χ3v) is 5.67. The number of anilines is 2. The number of pyridine rings is 1. The van der Waals surface area contributed by atoms with Crippen molar-refractivity contribution < 1.29 is 17.9 Å². The third kappa shape index (κ3) is 4.27. The van der Waals surface area contributed by atoms with Gasteiger partial charge in [0, 0.05) is 30.1 Å². The molecule has 1 atom stereocenters. The minimum Gasteiger partial charge on any atom is -0.378 e. The Hall–Kier alpha value is -2.94. The molecular weight excluding hydrogens is 407 g/mol. The number of morpholine rings is 1. The van der Waals surface area contributed by atoms with Crippen molar-refractivity contribution in [2.45, 2.75) is 33.0 Å². The molecule has 1 fully saturated rings. The molecule has 6 nitrogen and oxygen atoms in total. The van der Waals surface area contributed by atoms with Crippen LogP contribution in [0.3, 0.4) is 0 Å². The Morgan fingerprint density at radius 3 is 2.55 bits per heavy atom. The highest BCUT2D eigenvalue weighted by Gasteiger charge is 2.33. The lowest BCUT2D eigenvalue weighted by molar-refractivity contribution is -0.138. The van der Waals surface area contributed by atoms with E-state index in [1.165, 1.54) is 13.0 Å². The van der Waals surface area contributed by atoms with Gasteiger partial charge in [0.05, 0.1) is 30.5 Å². The Morgan fingerprint density at radius 1 is 1.10 bits per heavy atom. The van der Waals surface area contributed by atoms with Crippen molar-refractivity contribution in [3.8, 4) is 0 Å². The average molecular weight is 431 g/mol. The number of nitrogens with one attached hydrogen (secondary N) is 1. The maximum absolute atomic E-state index is 13.3. The molecule has 31 heavy (non-hydrogen) atoms. The number of benzene rings is 1. The number of aryl methyl sites for hydroxylation is 1. The summed E-state index contributed by atoms with van der Waals surface area (Å²) in [6, 6.07) is 5.79. The standard InChI is InChI=1S/C22H24F3N5O/c1-13-16(5-4-6-19(13)22(23,24)25)14(2)27-21-17-11-20(30-7-9-31-10-8-30)26-12-18(17)15(3)28-29-21/h4-6,11-12,14H,7-10H2,1-3H3,(H,27,29)/t14-/m1/s1. The molecule has 0 spiro atoms. The number of aromatic nitrogens is 3. The molecule has 9 heteroatoms. The molecule has 1 saturated heterocycles. The number of ether oxygens (including phenoxy) is 1. The van der Waals surface area contributed by atoms with Crippen molar-refractivity contribution >= 4 is 22.4 Å². The van der Waals surface area contributed by atoms with Gasteiger partial charge in [-0.05, 0) is 44.0 Å². The van der Waals surface area contributed by atoms with Crippen LogP contribution in [0.1, 0.15) is 35.3 Å². The van der Waals surface area contributed by atoms with E-state index in [-0.39, 0.29) is 5.56 Å². The van der Waals surface area contributed by atoms with E-state index in [9.17, 15) is 13.2 Å². The second-order valence-corrected chi connectivity index (χ2v) is 7.71. The topological polar surface area (TPSA) is 63.2 Å². The number of alkyl halides is 3. The molecule has 0 radical (unpaired) electrons. The van der Waals surface area contributed by atoms with Crippen molar-refractivity contribution in [3.05, 3.63) is 52.8 Å². The van der Waals surface area contributed by atoms with Gasteiger partial charge in [-0.25, -0.2) is 4.98 Å². The molecule has 1 N–H and O–H groups in total. The van der Waals surface area contributed by atoms with Crippen molar-refractivity contribution in [3.63, 3.8) is 0 Å². The van der Waals surface area contributed by atoms with E-state index >= 15 is 0 Å². The van der Waals surface area contributed by atoms with Crippen molar-refractivity contribution in [1.82, 2.24) is 15.2 Å². The van der Waals surface area contributed by atoms with Crippen LogP contribution in [0.2, 0.25) is 0 Å². The molecule has 1 aromatic carbocycles. The van der Waals surface area contributed by atoms with Gasteiger partial charge in [-0.15, -0.1) is 5.10 Å². The molecular formula is C22H24F3N5O. The van der Waals surface area contributed by atoms with Crippen LogP contribution in [-0.2, 0) is 10.9 Å². The number of nitrogens with zero attached hydrogens (tertiary/aromatic N) is 4. The van der Waals surface area contributed by atoms with Crippen LogP contribution < -0.4 is 10.2 Å². The smallest absolute Gasteiger partial charge is 0.378 e. The van der Waals surface area contributed by atoms with Gasteiger partial charge in [0.2, 0.25) is 0 Å². The molecule has 1 aliphatic heterocycles. The number of hydrogen-bond acceptors (Lipinski definition) is 6. The Balaban J connectivity index is 1.70. The fourth-order valence-electron chi connectivity index (χ4n) is 3.95. The van der Waals surface area contributed by atoms with Crippen LogP contribution in [0.4, 0.5) is 24.8 Å². The van der Waals surface area contributed by atoms with Gasteiger partial charge in [-0.3, -0.25) is 0 Å². The summed E-state index contributed by atoms with van der Waals surface area (Å²) in [7, 11) is 0. The molecule has 4 rings (SSSR count). The van der Waals surface area contributed by atoms with E-state index in [1.54, 1.807) is 12.3 Å². The second kappa shape index (κ2) is 8.30. The zero-order chi connectivity index (χ0) is 22.2. The van der Waals surface area contributed by atoms with Gasteiger partial charge in [0.1, 0.15) is 5.82 Å². The molecule has 0 saturated carbocycles. The zero-order valence-corrected chi connectivity index (χ0v) is 17.6. The van der Waals surface area contributed by atoms with Crippen molar-refractivity contribution in [2.75, 3.05) is 36.5 Å². The maximum atomic E-state index is 13.3. The molecule has 1 aliphatic rings. The fourth-order valence-corrected chi connectivity index (χ4v) is 3.95. The highest BCUT2D eigenvalue weighted by molar-refractivity contribution is 5.94. The Labute approximate surface area is 178 Å². The lowest BCUT2D eigenvalue weighted by Crippen LogP contribution is -2.36.